The van der Waals surface area contributed by atoms with E-state index in [0.717, 1.165) is 36.9 Å². The summed E-state index contributed by atoms with van der Waals surface area (Å²) in [6.45, 7) is 2.35. The highest BCUT2D eigenvalue weighted by atomic mass is 79.9. The van der Waals surface area contributed by atoms with Gasteiger partial charge < -0.3 is 14.6 Å². The Bertz CT molecular complexity index is 344. The molecule has 1 atom stereocenters. The van der Waals surface area contributed by atoms with Crippen molar-refractivity contribution in [3.05, 3.63) is 34.3 Å². The number of halogens is 1. The van der Waals surface area contributed by atoms with Gasteiger partial charge in [0.2, 0.25) is 0 Å². The largest absolute Gasteiger partial charge is 0.396 e. The average molecular weight is 331 g/mol. The van der Waals surface area contributed by atoms with Crippen molar-refractivity contribution in [2.24, 2.45) is 5.92 Å². The average Bonchev–Trinajstić information content (AvgIpc) is 2.43. The van der Waals surface area contributed by atoms with Gasteiger partial charge in [-0.25, -0.2) is 0 Å². The summed E-state index contributed by atoms with van der Waals surface area (Å²) in [6, 6.07) is 8.15. The zero-order valence-electron chi connectivity index (χ0n) is 11.5. The van der Waals surface area contributed by atoms with Crippen LogP contribution in [0.5, 0.6) is 0 Å². The van der Waals surface area contributed by atoms with Crippen LogP contribution in [-0.2, 0) is 15.9 Å². The molecule has 0 aliphatic rings. The number of ether oxygens (including phenoxy) is 2. The van der Waals surface area contributed by atoms with E-state index in [1.54, 1.807) is 7.11 Å². The zero-order chi connectivity index (χ0) is 13.9. The van der Waals surface area contributed by atoms with E-state index in [2.05, 4.69) is 22.0 Å². The van der Waals surface area contributed by atoms with Gasteiger partial charge in [-0.3, -0.25) is 0 Å². The molecule has 19 heavy (non-hydrogen) atoms. The zero-order valence-corrected chi connectivity index (χ0v) is 13.1. The monoisotopic (exact) mass is 330 g/mol. The van der Waals surface area contributed by atoms with Crippen LogP contribution in [-0.4, -0.2) is 38.6 Å². The molecule has 1 N–H and O–H groups in total. The van der Waals surface area contributed by atoms with Crippen molar-refractivity contribution in [1.29, 1.82) is 0 Å². The van der Waals surface area contributed by atoms with Crippen LogP contribution in [0.15, 0.2) is 28.7 Å². The fourth-order valence-electron chi connectivity index (χ4n) is 1.89. The van der Waals surface area contributed by atoms with Gasteiger partial charge in [-0.05, 0) is 36.8 Å². The van der Waals surface area contributed by atoms with Gasteiger partial charge in [-0.15, -0.1) is 0 Å². The molecule has 1 aromatic carbocycles. The highest BCUT2D eigenvalue weighted by Crippen LogP contribution is 2.20. The maximum absolute atomic E-state index is 9.43. The first-order valence-electron chi connectivity index (χ1n) is 6.69. The number of benzene rings is 1. The van der Waals surface area contributed by atoms with Gasteiger partial charge in [0, 0.05) is 38.0 Å². The lowest BCUT2D eigenvalue weighted by Crippen LogP contribution is -2.13. The van der Waals surface area contributed by atoms with Crippen LogP contribution in [0, 0.1) is 5.92 Å². The van der Waals surface area contributed by atoms with Crippen LogP contribution in [0.1, 0.15) is 18.4 Å². The quantitative estimate of drug-likeness (QED) is 0.670. The van der Waals surface area contributed by atoms with Crippen molar-refractivity contribution in [2.75, 3.05) is 33.5 Å². The molecule has 1 aromatic rings. The summed E-state index contributed by atoms with van der Waals surface area (Å²) in [5.74, 6) is 0.251. The molecular formula is C15H23BrO3. The first kappa shape index (κ1) is 16.6. The fraction of sp³-hybridized carbons (Fsp3) is 0.600. The molecule has 0 spiro atoms. The van der Waals surface area contributed by atoms with E-state index < -0.39 is 0 Å². The Morgan fingerprint density at radius 1 is 1.21 bits per heavy atom. The number of methoxy groups -OCH3 is 1. The fourth-order valence-corrected chi connectivity index (χ4v) is 2.34. The highest BCUT2D eigenvalue weighted by molar-refractivity contribution is 9.10. The predicted molar refractivity (Wildman–Crippen MR) is 80.4 cm³/mol. The minimum atomic E-state index is 0.197. The molecule has 1 rings (SSSR count). The lowest BCUT2D eigenvalue weighted by Gasteiger charge is -2.15. The summed E-state index contributed by atoms with van der Waals surface area (Å²) in [4.78, 5) is 0. The molecule has 3 nitrogen and oxygen atoms in total. The summed E-state index contributed by atoms with van der Waals surface area (Å²) in [5.41, 5.74) is 1.24. The Morgan fingerprint density at radius 2 is 2.00 bits per heavy atom. The highest BCUT2D eigenvalue weighted by Gasteiger charge is 2.10. The van der Waals surface area contributed by atoms with E-state index in [-0.39, 0.29) is 12.5 Å². The van der Waals surface area contributed by atoms with Crippen molar-refractivity contribution in [1.82, 2.24) is 0 Å². The molecular weight excluding hydrogens is 308 g/mol. The van der Waals surface area contributed by atoms with E-state index in [1.165, 1.54) is 5.56 Å². The summed E-state index contributed by atoms with van der Waals surface area (Å²) in [5, 5.41) is 9.43. The van der Waals surface area contributed by atoms with Gasteiger partial charge in [-0.2, -0.15) is 0 Å². The number of aliphatic hydroxyl groups is 1. The Labute approximate surface area is 124 Å². The van der Waals surface area contributed by atoms with E-state index >= 15 is 0 Å². The maximum Gasteiger partial charge on any atom is 0.0487 e. The summed E-state index contributed by atoms with van der Waals surface area (Å²) in [7, 11) is 1.69. The van der Waals surface area contributed by atoms with E-state index in [1.807, 2.05) is 18.2 Å². The Hall–Kier alpha value is -0.420. The standard InChI is InChI=1S/C15H23BrO3/c1-18-8-4-9-19-10-7-13(12-17)11-14-5-2-3-6-15(14)16/h2-3,5-6,13,17H,4,7-12H2,1H3. The van der Waals surface area contributed by atoms with E-state index in [0.29, 0.717) is 6.61 Å². The molecule has 0 aliphatic carbocycles. The van der Waals surface area contributed by atoms with Crippen LogP contribution < -0.4 is 0 Å². The molecule has 0 saturated heterocycles. The maximum atomic E-state index is 9.43. The molecule has 0 amide bonds. The second-order valence-corrected chi connectivity index (χ2v) is 5.45. The molecule has 0 aliphatic heterocycles. The van der Waals surface area contributed by atoms with Gasteiger partial charge in [-0.1, -0.05) is 34.1 Å². The van der Waals surface area contributed by atoms with Crippen molar-refractivity contribution >= 4 is 15.9 Å². The third kappa shape index (κ3) is 7.06. The molecule has 1 unspecified atom stereocenters. The van der Waals surface area contributed by atoms with Crippen LogP contribution in [0.3, 0.4) is 0 Å². The Kier molecular flexibility index (Phi) is 9.08. The normalized spacial score (nSPS) is 12.6. The summed E-state index contributed by atoms with van der Waals surface area (Å²) >= 11 is 3.54. The second kappa shape index (κ2) is 10.4. The van der Waals surface area contributed by atoms with Gasteiger partial charge in [0.05, 0.1) is 0 Å². The number of rotatable bonds is 10. The molecule has 0 aromatic heterocycles. The smallest absolute Gasteiger partial charge is 0.0487 e. The molecule has 0 bridgehead atoms. The van der Waals surface area contributed by atoms with Crippen LogP contribution in [0.2, 0.25) is 0 Å². The number of hydrogen-bond donors (Lipinski definition) is 1. The number of hydrogen-bond acceptors (Lipinski definition) is 3. The number of aliphatic hydroxyl groups excluding tert-OH is 1. The van der Waals surface area contributed by atoms with Crippen molar-refractivity contribution in [3.8, 4) is 0 Å². The van der Waals surface area contributed by atoms with Crippen LogP contribution >= 0.6 is 15.9 Å². The summed E-state index contributed by atoms with van der Waals surface area (Å²) < 4.78 is 11.6. The topological polar surface area (TPSA) is 38.7 Å². The Morgan fingerprint density at radius 3 is 2.68 bits per heavy atom. The minimum Gasteiger partial charge on any atom is -0.396 e. The lowest BCUT2D eigenvalue weighted by molar-refractivity contribution is 0.0857. The third-order valence-electron chi connectivity index (χ3n) is 3.03. The Balaban J connectivity index is 2.24. The lowest BCUT2D eigenvalue weighted by atomic mass is 9.97. The van der Waals surface area contributed by atoms with E-state index in [9.17, 15) is 5.11 Å². The minimum absolute atomic E-state index is 0.197. The molecule has 0 fully saturated rings. The first-order chi connectivity index (χ1) is 9.27. The molecule has 4 heteroatoms. The van der Waals surface area contributed by atoms with Gasteiger partial charge in [0.25, 0.3) is 0 Å². The van der Waals surface area contributed by atoms with E-state index in [4.69, 9.17) is 9.47 Å². The molecule has 0 saturated carbocycles. The van der Waals surface area contributed by atoms with Gasteiger partial charge >= 0.3 is 0 Å². The second-order valence-electron chi connectivity index (χ2n) is 4.59. The predicted octanol–water partition coefficient (Wildman–Crippen LogP) is 3.04. The first-order valence-corrected chi connectivity index (χ1v) is 7.48. The van der Waals surface area contributed by atoms with Crippen molar-refractivity contribution in [3.63, 3.8) is 0 Å². The summed E-state index contributed by atoms with van der Waals surface area (Å²) in [6.07, 6.45) is 2.68. The molecule has 0 radical (unpaired) electrons. The SMILES string of the molecule is COCCCOCCC(CO)Cc1ccccc1Br. The molecule has 0 heterocycles. The molecule has 108 valence electrons. The van der Waals surface area contributed by atoms with Crippen molar-refractivity contribution < 1.29 is 14.6 Å². The van der Waals surface area contributed by atoms with Crippen LogP contribution in [0.25, 0.3) is 0 Å². The van der Waals surface area contributed by atoms with Crippen molar-refractivity contribution in [2.45, 2.75) is 19.3 Å². The van der Waals surface area contributed by atoms with Crippen LogP contribution in [0.4, 0.5) is 0 Å². The van der Waals surface area contributed by atoms with Gasteiger partial charge in [0.1, 0.15) is 0 Å². The van der Waals surface area contributed by atoms with Gasteiger partial charge in [0.15, 0.2) is 0 Å². The third-order valence-corrected chi connectivity index (χ3v) is 3.81.